The van der Waals surface area contributed by atoms with E-state index in [2.05, 4.69) is 36.6 Å². The number of ether oxygens (including phenoxy) is 1. The van der Waals surface area contributed by atoms with Crippen LogP contribution in [0, 0.1) is 5.41 Å². The van der Waals surface area contributed by atoms with Gasteiger partial charge in [0.25, 0.3) is 0 Å². The Labute approximate surface area is 133 Å². The van der Waals surface area contributed by atoms with Gasteiger partial charge in [-0.2, -0.15) is 0 Å². The zero-order chi connectivity index (χ0) is 16.4. The summed E-state index contributed by atoms with van der Waals surface area (Å²) in [6.45, 7) is 10.6. The molecule has 0 bridgehead atoms. The van der Waals surface area contributed by atoms with E-state index < -0.39 is 5.60 Å². The summed E-state index contributed by atoms with van der Waals surface area (Å²) in [7, 11) is 0. The Bertz CT molecular complexity index is 530. The first-order chi connectivity index (χ1) is 10.2. The molecule has 1 saturated carbocycles. The SMILES string of the molecule is CC(Nc1cccc(CNC(=O)OC(C)(C)C)c1)C1(C)CC1. The third kappa shape index (κ3) is 4.93. The molecule has 4 heteroatoms. The standard InChI is InChI=1S/C18H28N2O2/c1-13(18(5)9-10-18)20-15-8-6-7-14(11-15)12-19-16(21)22-17(2,3)4/h6-8,11,13,20H,9-10,12H2,1-5H3,(H,19,21). The molecule has 1 aliphatic rings. The summed E-state index contributed by atoms with van der Waals surface area (Å²) in [5.41, 5.74) is 2.13. The molecule has 1 aromatic carbocycles. The second-order valence-electron chi connectivity index (χ2n) is 7.58. The van der Waals surface area contributed by atoms with Crippen LogP contribution >= 0.6 is 0 Å². The maximum Gasteiger partial charge on any atom is 0.407 e. The Morgan fingerprint density at radius 1 is 1.36 bits per heavy atom. The molecule has 2 N–H and O–H groups in total. The number of carbonyl (C=O) groups is 1. The maximum atomic E-state index is 11.7. The molecule has 0 aromatic heterocycles. The maximum absolute atomic E-state index is 11.7. The molecule has 0 saturated heterocycles. The quantitative estimate of drug-likeness (QED) is 0.852. The van der Waals surface area contributed by atoms with Crippen LogP contribution in [0.5, 0.6) is 0 Å². The summed E-state index contributed by atoms with van der Waals surface area (Å²) < 4.78 is 5.24. The number of nitrogens with one attached hydrogen (secondary N) is 2. The molecule has 1 aromatic rings. The van der Waals surface area contributed by atoms with Gasteiger partial charge < -0.3 is 15.4 Å². The molecule has 1 fully saturated rings. The lowest BCUT2D eigenvalue weighted by molar-refractivity contribution is 0.0523. The van der Waals surface area contributed by atoms with Crippen molar-refractivity contribution in [3.8, 4) is 0 Å². The molecule has 0 heterocycles. The first-order valence-corrected chi connectivity index (χ1v) is 8.00. The van der Waals surface area contributed by atoms with Crippen LogP contribution in [0.3, 0.4) is 0 Å². The van der Waals surface area contributed by atoms with Crippen LogP contribution in [0.4, 0.5) is 10.5 Å². The molecule has 4 nitrogen and oxygen atoms in total. The highest BCUT2D eigenvalue weighted by Crippen LogP contribution is 2.48. The second kappa shape index (κ2) is 6.19. The zero-order valence-electron chi connectivity index (χ0n) is 14.3. The molecule has 22 heavy (non-hydrogen) atoms. The first-order valence-electron chi connectivity index (χ1n) is 8.00. The number of hydrogen-bond donors (Lipinski definition) is 2. The van der Waals surface area contributed by atoms with Gasteiger partial charge in [-0.3, -0.25) is 0 Å². The third-order valence-corrected chi connectivity index (χ3v) is 4.23. The molecule has 0 aliphatic heterocycles. The minimum atomic E-state index is -0.470. The van der Waals surface area contributed by atoms with Gasteiger partial charge in [0.05, 0.1) is 0 Å². The van der Waals surface area contributed by atoms with Gasteiger partial charge in [0.15, 0.2) is 0 Å². The Morgan fingerprint density at radius 3 is 2.64 bits per heavy atom. The molecular weight excluding hydrogens is 276 g/mol. The Morgan fingerprint density at radius 2 is 2.05 bits per heavy atom. The van der Waals surface area contributed by atoms with Crippen LogP contribution in [0.1, 0.15) is 53.0 Å². The second-order valence-corrected chi connectivity index (χ2v) is 7.58. The van der Waals surface area contributed by atoms with E-state index in [9.17, 15) is 4.79 Å². The molecule has 1 atom stereocenters. The van der Waals surface area contributed by atoms with E-state index in [-0.39, 0.29) is 6.09 Å². The van der Waals surface area contributed by atoms with Crippen molar-refractivity contribution in [1.82, 2.24) is 5.32 Å². The van der Waals surface area contributed by atoms with Crippen molar-refractivity contribution in [3.63, 3.8) is 0 Å². The molecule has 1 unspecified atom stereocenters. The highest BCUT2D eigenvalue weighted by atomic mass is 16.6. The van der Waals surface area contributed by atoms with Crippen molar-refractivity contribution < 1.29 is 9.53 Å². The Kier molecular flexibility index (Phi) is 4.69. The highest BCUT2D eigenvalue weighted by molar-refractivity contribution is 5.67. The van der Waals surface area contributed by atoms with E-state index in [0.29, 0.717) is 18.0 Å². The average Bonchev–Trinajstić information content (AvgIpc) is 3.14. The van der Waals surface area contributed by atoms with E-state index in [0.717, 1.165) is 11.3 Å². The molecule has 1 aliphatic carbocycles. The van der Waals surface area contributed by atoms with Gasteiger partial charge in [0, 0.05) is 18.3 Å². The lowest BCUT2D eigenvalue weighted by Crippen LogP contribution is -2.32. The average molecular weight is 304 g/mol. The molecule has 0 spiro atoms. The molecule has 1 amide bonds. The van der Waals surface area contributed by atoms with Crippen molar-refractivity contribution in [2.45, 2.75) is 65.6 Å². The van der Waals surface area contributed by atoms with Gasteiger partial charge in [-0.15, -0.1) is 0 Å². The van der Waals surface area contributed by atoms with Crippen LogP contribution in [-0.2, 0) is 11.3 Å². The minimum Gasteiger partial charge on any atom is -0.444 e. The van der Waals surface area contributed by atoms with Crippen LogP contribution < -0.4 is 10.6 Å². The van der Waals surface area contributed by atoms with Crippen molar-refractivity contribution in [1.29, 1.82) is 0 Å². The predicted molar refractivity (Wildman–Crippen MR) is 89.9 cm³/mol. The summed E-state index contributed by atoms with van der Waals surface area (Å²) in [6.07, 6.45) is 2.20. The van der Waals surface area contributed by atoms with Crippen molar-refractivity contribution in [3.05, 3.63) is 29.8 Å². The molecule has 0 radical (unpaired) electrons. The largest absolute Gasteiger partial charge is 0.444 e. The molecular formula is C18H28N2O2. The fraction of sp³-hybridized carbons (Fsp3) is 0.611. The number of hydrogen-bond acceptors (Lipinski definition) is 3. The van der Waals surface area contributed by atoms with Crippen molar-refractivity contribution in [2.24, 2.45) is 5.41 Å². The normalized spacial score (nSPS) is 17.5. The van der Waals surface area contributed by atoms with E-state index in [1.165, 1.54) is 12.8 Å². The number of benzene rings is 1. The highest BCUT2D eigenvalue weighted by Gasteiger charge is 2.42. The van der Waals surface area contributed by atoms with Crippen molar-refractivity contribution in [2.75, 3.05) is 5.32 Å². The lowest BCUT2D eigenvalue weighted by atomic mass is 10.0. The monoisotopic (exact) mass is 304 g/mol. The van der Waals surface area contributed by atoms with Gasteiger partial charge in [-0.25, -0.2) is 4.79 Å². The molecule has 2 rings (SSSR count). The number of anilines is 1. The van der Waals surface area contributed by atoms with Crippen LogP contribution in [-0.4, -0.2) is 17.7 Å². The topological polar surface area (TPSA) is 50.4 Å². The summed E-state index contributed by atoms with van der Waals surface area (Å²) in [6, 6.07) is 8.63. The third-order valence-electron chi connectivity index (χ3n) is 4.23. The van der Waals surface area contributed by atoms with Gasteiger partial charge in [0.2, 0.25) is 0 Å². The fourth-order valence-corrected chi connectivity index (χ4v) is 2.31. The van der Waals surface area contributed by atoms with Gasteiger partial charge >= 0.3 is 6.09 Å². The van der Waals surface area contributed by atoms with Crippen LogP contribution in [0.15, 0.2) is 24.3 Å². The summed E-state index contributed by atoms with van der Waals surface area (Å²) in [5, 5.41) is 6.36. The zero-order valence-corrected chi connectivity index (χ0v) is 14.3. The number of alkyl carbamates (subject to hydrolysis) is 1. The van der Waals surface area contributed by atoms with Gasteiger partial charge in [-0.05, 0) is 63.6 Å². The predicted octanol–water partition coefficient (Wildman–Crippen LogP) is 4.31. The van der Waals surface area contributed by atoms with E-state index >= 15 is 0 Å². The lowest BCUT2D eigenvalue weighted by Gasteiger charge is -2.22. The first kappa shape index (κ1) is 16.7. The Hall–Kier alpha value is -1.71. The van der Waals surface area contributed by atoms with E-state index in [1.807, 2.05) is 32.9 Å². The van der Waals surface area contributed by atoms with Crippen molar-refractivity contribution >= 4 is 11.8 Å². The fourth-order valence-electron chi connectivity index (χ4n) is 2.31. The van der Waals surface area contributed by atoms with E-state index in [1.54, 1.807) is 0 Å². The number of amides is 1. The Balaban J connectivity index is 1.87. The number of carbonyl (C=O) groups excluding carboxylic acids is 1. The summed E-state index contributed by atoms with van der Waals surface area (Å²) in [5.74, 6) is 0. The van der Waals surface area contributed by atoms with Gasteiger partial charge in [-0.1, -0.05) is 19.1 Å². The smallest absolute Gasteiger partial charge is 0.407 e. The van der Waals surface area contributed by atoms with Crippen LogP contribution in [0.2, 0.25) is 0 Å². The summed E-state index contributed by atoms with van der Waals surface area (Å²) >= 11 is 0. The minimum absolute atomic E-state index is 0.385. The number of rotatable bonds is 5. The van der Waals surface area contributed by atoms with Crippen LogP contribution in [0.25, 0.3) is 0 Å². The molecule has 122 valence electrons. The summed E-state index contributed by atoms with van der Waals surface area (Å²) in [4.78, 5) is 11.7. The van der Waals surface area contributed by atoms with Gasteiger partial charge in [0.1, 0.15) is 5.60 Å². The van der Waals surface area contributed by atoms with E-state index in [4.69, 9.17) is 4.74 Å².